The van der Waals surface area contributed by atoms with Gasteiger partial charge in [0.2, 0.25) is 15.9 Å². The second kappa shape index (κ2) is 9.93. The Hall–Kier alpha value is -2.23. The summed E-state index contributed by atoms with van der Waals surface area (Å²) in [5, 5.41) is 2.88. The second-order valence-electron chi connectivity index (χ2n) is 7.48. The molecule has 0 aromatic heterocycles. The number of carbonyl (C=O) groups is 1. The SMILES string of the molecule is O=C(CSc1ccc2c(c1)OCCO2)NCc1ccc(S(=O)(=O)N2CCCCC2)cc1. The maximum absolute atomic E-state index is 12.7. The number of rotatable bonds is 7. The summed E-state index contributed by atoms with van der Waals surface area (Å²) >= 11 is 1.43. The molecule has 9 heteroatoms. The molecule has 2 aliphatic heterocycles. The first kappa shape index (κ1) is 22.0. The number of benzene rings is 2. The zero-order valence-corrected chi connectivity index (χ0v) is 18.8. The van der Waals surface area contributed by atoms with Crippen molar-refractivity contribution in [2.45, 2.75) is 35.6 Å². The molecule has 1 saturated heterocycles. The summed E-state index contributed by atoms with van der Waals surface area (Å²) in [6.45, 7) is 2.60. The zero-order valence-electron chi connectivity index (χ0n) is 17.2. The van der Waals surface area contributed by atoms with Crippen LogP contribution in [0.1, 0.15) is 24.8 Å². The van der Waals surface area contributed by atoms with Crippen molar-refractivity contribution in [2.75, 3.05) is 32.1 Å². The number of sulfonamides is 1. The number of nitrogens with one attached hydrogen (secondary N) is 1. The molecular formula is C22H26N2O5S2. The largest absolute Gasteiger partial charge is 0.486 e. The van der Waals surface area contributed by atoms with Crippen molar-refractivity contribution < 1.29 is 22.7 Å². The van der Waals surface area contributed by atoms with Gasteiger partial charge in [0.15, 0.2) is 11.5 Å². The molecule has 0 atom stereocenters. The van der Waals surface area contributed by atoms with E-state index in [2.05, 4.69) is 5.32 Å². The minimum absolute atomic E-state index is 0.0927. The Morgan fingerprint density at radius 1 is 0.968 bits per heavy atom. The van der Waals surface area contributed by atoms with Gasteiger partial charge in [0.05, 0.1) is 10.6 Å². The van der Waals surface area contributed by atoms with Gasteiger partial charge >= 0.3 is 0 Å². The Bertz CT molecular complexity index is 1020. The Kier molecular flexibility index (Phi) is 7.04. The Balaban J connectivity index is 1.26. The van der Waals surface area contributed by atoms with Crippen LogP contribution < -0.4 is 14.8 Å². The molecule has 0 saturated carbocycles. The molecule has 0 aliphatic carbocycles. The van der Waals surface area contributed by atoms with Crippen LogP contribution >= 0.6 is 11.8 Å². The number of ether oxygens (including phenoxy) is 2. The maximum Gasteiger partial charge on any atom is 0.243 e. The minimum atomic E-state index is -3.43. The van der Waals surface area contributed by atoms with Crippen LogP contribution in [0.4, 0.5) is 0 Å². The molecule has 1 N–H and O–H groups in total. The number of carbonyl (C=O) groups excluding carboxylic acids is 1. The van der Waals surface area contributed by atoms with E-state index in [1.165, 1.54) is 11.8 Å². The molecule has 0 bridgehead atoms. The summed E-state index contributed by atoms with van der Waals surface area (Å²) in [7, 11) is -3.43. The molecule has 2 aliphatic rings. The van der Waals surface area contributed by atoms with Gasteiger partial charge in [-0.25, -0.2) is 8.42 Å². The van der Waals surface area contributed by atoms with Crippen LogP contribution in [0.3, 0.4) is 0 Å². The smallest absolute Gasteiger partial charge is 0.243 e. The molecule has 2 aromatic carbocycles. The van der Waals surface area contributed by atoms with Gasteiger partial charge in [-0.15, -0.1) is 11.8 Å². The molecule has 7 nitrogen and oxygen atoms in total. The summed E-state index contributed by atoms with van der Waals surface area (Å²) in [6.07, 6.45) is 2.90. The van der Waals surface area contributed by atoms with Gasteiger partial charge in [-0.1, -0.05) is 18.6 Å². The first-order chi connectivity index (χ1) is 15.0. The number of fused-ring (bicyclic) bond motifs is 1. The number of thioether (sulfide) groups is 1. The first-order valence-corrected chi connectivity index (χ1v) is 12.8. The van der Waals surface area contributed by atoms with E-state index in [0.29, 0.717) is 43.5 Å². The van der Waals surface area contributed by atoms with Gasteiger partial charge in [-0.2, -0.15) is 4.31 Å². The van der Waals surface area contributed by atoms with Gasteiger partial charge in [0, 0.05) is 24.5 Å². The maximum atomic E-state index is 12.7. The predicted molar refractivity (Wildman–Crippen MR) is 119 cm³/mol. The lowest BCUT2D eigenvalue weighted by Gasteiger charge is -2.25. The van der Waals surface area contributed by atoms with Crippen LogP contribution in [0.15, 0.2) is 52.3 Å². The molecule has 0 unspecified atom stereocenters. The monoisotopic (exact) mass is 462 g/mol. The number of piperidine rings is 1. The minimum Gasteiger partial charge on any atom is -0.486 e. The normalized spacial score (nSPS) is 16.6. The quantitative estimate of drug-likeness (QED) is 0.637. The zero-order chi connectivity index (χ0) is 21.7. The number of amides is 1. The Morgan fingerprint density at radius 3 is 2.42 bits per heavy atom. The van der Waals surface area contributed by atoms with E-state index in [1.54, 1.807) is 28.6 Å². The number of nitrogens with zero attached hydrogens (tertiary/aromatic N) is 1. The molecule has 0 radical (unpaired) electrons. The van der Waals surface area contributed by atoms with Crippen molar-refractivity contribution in [3.63, 3.8) is 0 Å². The fourth-order valence-electron chi connectivity index (χ4n) is 3.55. The van der Waals surface area contributed by atoms with Gasteiger partial charge in [0.25, 0.3) is 0 Å². The van der Waals surface area contributed by atoms with Crippen molar-refractivity contribution in [3.05, 3.63) is 48.0 Å². The van der Waals surface area contributed by atoms with Crippen molar-refractivity contribution in [3.8, 4) is 11.5 Å². The average Bonchev–Trinajstić information content (AvgIpc) is 2.82. The van der Waals surface area contributed by atoms with E-state index in [0.717, 1.165) is 35.5 Å². The van der Waals surface area contributed by atoms with Crippen LogP contribution in [-0.2, 0) is 21.4 Å². The average molecular weight is 463 g/mol. The molecule has 4 rings (SSSR count). The van der Waals surface area contributed by atoms with Crippen LogP contribution in [-0.4, -0.2) is 50.7 Å². The van der Waals surface area contributed by atoms with Crippen LogP contribution in [0, 0.1) is 0 Å². The summed E-state index contributed by atoms with van der Waals surface area (Å²) in [5.41, 5.74) is 0.857. The van der Waals surface area contributed by atoms with Crippen molar-refractivity contribution in [1.82, 2.24) is 9.62 Å². The highest BCUT2D eigenvalue weighted by atomic mass is 32.2. The van der Waals surface area contributed by atoms with Gasteiger partial charge < -0.3 is 14.8 Å². The second-order valence-corrected chi connectivity index (χ2v) is 10.5. The Morgan fingerprint density at radius 2 is 1.68 bits per heavy atom. The summed E-state index contributed by atoms with van der Waals surface area (Å²) in [5.74, 6) is 1.62. The fourth-order valence-corrected chi connectivity index (χ4v) is 5.82. The van der Waals surface area contributed by atoms with E-state index < -0.39 is 10.0 Å². The molecule has 166 valence electrons. The third-order valence-electron chi connectivity index (χ3n) is 5.25. The predicted octanol–water partition coefficient (Wildman–Crippen LogP) is 3.04. The standard InChI is InChI=1S/C22H26N2O5S2/c25-22(16-30-18-6-9-20-21(14-18)29-13-12-28-20)23-15-17-4-7-19(8-5-17)31(26,27)24-10-2-1-3-11-24/h4-9,14H,1-3,10-13,15-16H2,(H,23,25). The highest BCUT2D eigenvalue weighted by Gasteiger charge is 2.25. The first-order valence-electron chi connectivity index (χ1n) is 10.4. The van der Waals surface area contributed by atoms with Crippen molar-refractivity contribution >= 4 is 27.7 Å². The lowest BCUT2D eigenvalue weighted by atomic mass is 10.2. The van der Waals surface area contributed by atoms with E-state index in [1.807, 2.05) is 18.2 Å². The van der Waals surface area contributed by atoms with Gasteiger partial charge in [-0.3, -0.25) is 4.79 Å². The lowest BCUT2D eigenvalue weighted by Crippen LogP contribution is -2.35. The van der Waals surface area contributed by atoms with E-state index in [4.69, 9.17) is 9.47 Å². The summed E-state index contributed by atoms with van der Waals surface area (Å²) in [6, 6.07) is 12.4. The summed E-state index contributed by atoms with van der Waals surface area (Å²) < 4.78 is 38.0. The third-order valence-corrected chi connectivity index (χ3v) is 8.16. The van der Waals surface area contributed by atoms with Crippen molar-refractivity contribution in [1.29, 1.82) is 0 Å². The molecule has 31 heavy (non-hydrogen) atoms. The third kappa shape index (κ3) is 5.53. The number of hydrogen-bond acceptors (Lipinski definition) is 6. The van der Waals surface area contributed by atoms with Crippen LogP contribution in [0.25, 0.3) is 0 Å². The van der Waals surface area contributed by atoms with Gasteiger partial charge in [-0.05, 0) is 48.7 Å². The van der Waals surface area contributed by atoms with E-state index >= 15 is 0 Å². The fraction of sp³-hybridized carbons (Fsp3) is 0.409. The van der Waals surface area contributed by atoms with E-state index in [9.17, 15) is 13.2 Å². The molecule has 1 fully saturated rings. The number of hydrogen-bond donors (Lipinski definition) is 1. The lowest BCUT2D eigenvalue weighted by molar-refractivity contribution is -0.118. The van der Waals surface area contributed by atoms with Crippen LogP contribution in [0.2, 0.25) is 0 Å². The van der Waals surface area contributed by atoms with Gasteiger partial charge in [0.1, 0.15) is 13.2 Å². The molecule has 0 spiro atoms. The molecule has 1 amide bonds. The summed E-state index contributed by atoms with van der Waals surface area (Å²) in [4.78, 5) is 13.5. The topological polar surface area (TPSA) is 84.9 Å². The Labute approximate surface area is 187 Å². The molecule has 2 aromatic rings. The van der Waals surface area contributed by atoms with Crippen LogP contribution in [0.5, 0.6) is 11.5 Å². The molecule has 2 heterocycles. The van der Waals surface area contributed by atoms with E-state index in [-0.39, 0.29) is 11.7 Å². The highest BCUT2D eigenvalue weighted by molar-refractivity contribution is 8.00. The highest BCUT2D eigenvalue weighted by Crippen LogP contribution is 2.34. The van der Waals surface area contributed by atoms with Crippen molar-refractivity contribution in [2.24, 2.45) is 0 Å². The molecular weight excluding hydrogens is 436 g/mol.